The third-order valence-corrected chi connectivity index (χ3v) is 3.63. The zero-order valence-corrected chi connectivity index (χ0v) is 13.3. The second-order valence-electron chi connectivity index (χ2n) is 5.43. The van der Waals surface area contributed by atoms with Crippen LogP contribution < -0.4 is 4.74 Å². The third kappa shape index (κ3) is 4.49. The van der Waals surface area contributed by atoms with Crippen LogP contribution in [0.2, 0.25) is 0 Å². The van der Waals surface area contributed by atoms with Crippen LogP contribution in [0, 0.1) is 0 Å². The highest BCUT2D eigenvalue weighted by Crippen LogP contribution is 2.28. The first-order valence-electron chi connectivity index (χ1n) is 7.92. The molecular formula is C19H22O4. The van der Waals surface area contributed by atoms with Gasteiger partial charge in [-0.15, -0.1) is 0 Å². The highest BCUT2D eigenvalue weighted by atomic mass is 16.5. The summed E-state index contributed by atoms with van der Waals surface area (Å²) in [4.78, 5) is 12.4. The standard InChI is InChI=1S/C19H22O4/c1-2-3-4-7-12-23-14-10-11-16(18(21)13-14)19(22)15-8-5-6-9-17(15)20/h5-6,8-11,13,20-21H,2-4,7,12H2,1H3. The number of hydrogen-bond donors (Lipinski definition) is 2. The van der Waals surface area contributed by atoms with E-state index < -0.39 is 5.78 Å². The normalized spacial score (nSPS) is 10.5. The van der Waals surface area contributed by atoms with E-state index in [-0.39, 0.29) is 22.6 Å². The van der Waals surface area contributed by atoms with E-state index >= 15 is 0 Å². The van der Waals surface area contributed by atoms with E-state index in [1.54, 1.807) is 18.2 Å². The van der Waals surface area contributed by atoms with Gasteiger partial charge >= 0.3 is 0 Å². The summed E-state index contributed by atoms with van der Waals surface area (Å²) < 4.78 is 5.58. The average Bonchev–Trinajstić information content (AvgIpc) is 2.55. The van der Waals surface area contributed by atoms with Crippen molar-refractivity contribution in [1.29, 1.82) is 0 Å². The maximum absolute atomic E-state index is 12.4. The lowest BCUT2D eigenvalue weighted by Crippen LogP contribution is -2.03. The van der Waals surface area contributed by atoms with Crippen LogP contribution in [0.4, 0.5) is 0 Å². The van der Waals surface area contributed by atoms with Crippen LogP contribution in [-0.2, 0) is 0 Å². The molecule has 4 nitrogen and oxygen atoms in total. The monoisotopic (exact) mass is 314 g/mol. The van der Waals surface area contributed by atoms with Crippen molar-refractivity contribution in [3.8, 4) is 17.2 Å². The molecule has 23 heavy (non-hydrogen) atoms. The van der Waals surface area contributed by atoms with Gasteiger partial charge in [-0.2, -0.15) is 0 Å². The quantitative estimate of drug-likeness (QED) is 0.563. The topological polar surface area (TPSA) is 66.8 Å². The fourth-order valence-corrected chi connectivity index (χ4v) is 2.32. The molecule has 0 aromatic heterocycles. The summed E-state index contributed by atoms with van der Waals surface area (Å²) in [5.41, 5.74) is 0.306. The molecule has 0 aliphatic heterocycles. The number of benzene rings is 2. The molecule has 0 aliphatic carbocycles. The molecule has 0 bridgehead atoms. The van der Waals surface area contributed by atoms with Gasteiger partial charge in [0.2, 0.25) is 0 Å². The van der Waals surface area contributed by atoms with Gasteiger partial charge in [-0.05, 0) is 30.7 Å². The summed E-state index contributed by atoms with van der Waals surface area (Å²) >= 11 is 0. The number of carbonyl (C=O) groups is 1. The molecule has 0 saturated heterocycles. The number of phenols is 2. The van der Waals surface area contributed by atoms with Crippen LogP contribution in [0.15, 0.2) is 42.5 Å². The predicted octanol–water partition coefficient (Wildman–Crippen LogP) is 4.29. The molecule has 0 aliphatic rings. The fourth-order valence-electron chi connectivity index (χ4n) is 2.32. The molecule has 2 aromatic rings. The van der Waals surface area contributed by atoms with Crippen LogP contribution in [0.3, 0.4) is 0 Å². The van der Waals surface area contributed by atoms with Gasteiger partial charge in [0.15, 0.2) is 5.78 Å². The van der Waals surface area contributed by atoms with Crippen molar-refractivity contribution < 1.29 is 19.7 Å². The maximum atomic E-state index is 12.4. The van der Waals surface area contributed by atoms with Crippen molar-refractivity contribution in [2.24, 2.45) is 0 Å². The van der Waals surface area contributed by atoms with E-state index in [1.165, 1.54) is 37.1 Å². The molecule has 0 fully saturated rings. The first-order valence-corrected chi connectivity index (χ1v) is 7.92. The Morgan fingerprint density at radius 3 is 2.39 bits per heavy atom. The highest BCUT2D eigenvalue weighted by Gasteiger charge is 2.17. The van der Waals surface area contributed by atoms with Gasteiger partial charge in [-0.3, -0.25) is 4.79 Å². The van der Waals surface area contributed by atoms with Gasteiger partial charge < -0.3 is 14.9 Å². The minimum Gasteiger partial charge on any atom is -0.507 e. The Bertz CT molecular complexity index is 664. The van der Waals surface area contributed by atoms with Gasteiger partial charge in [0.05, 0.1) is 17.7 Å². The van der Waals surface area contributed by atoms with Gasteiger partial charge in [-0.1, -0.05) is 38.3 Å². The second kappa shape index (κ2) is 8.22. The molecule has 0 saturated carbocycles. The number of hydrogen-bond acceptors (Lipinski definition) is 4. The minimum atomic E-state index is -0.421. The van der Waals surface area contributed by atoms with E-state index in [1.807, 2.05) is 0 Å². The molecule has 0 spiro atoms. The Morgan fingerprint density at radius 1 is 0.957 bits per heavy atom. The SMILES string of the molecule is CCCCCCOc1ccc(C(=O)c2ccccc2O)c(O)c1. The Morgan fingerprint density at radius 2 is 1.70 bits per heavy atom. The third-order valence-electron chi connectivity index (χ3n) is 3.63. The maximum Gasteiger partial charge on any atom is 0.200 e. The smallest absolute Gasteiger partial charge is 0.200 e. The van der Waals surface area contributed by atoms with Crippen molar-refractivity contribution in [3.05, 3.63) is 53.6 Å². The lowest BCUT2D eigenvalue weighted by Gasteiger charge is -2.09. The van der Waals surface area contributed by atoms with Crippen LogP contribution >= 0.6 is 0 Å². The first-order chi connectivity index (χ1) is 11.1. The molecule has 0 amide bonds. The first kappa shape index (κ1) is 16.9. The number of para-hydroxylation sites is 1. The van der Waals surface area contributed by atoms with Crippen LogP contribution in [0.5, 0.6) is 17.2 Å². The summed E-state index contributed by atoms with van der Waals surface area (Å²) in [6.45, 7) is 2.74. The number of phenolic OH excluding ortho intramolecular Hbond substituents is 2. The Hall–Kier alpha value is -2.49. The molecule has 2 N–H and O–H groups in total. The average molecular weight is 314 g/mol. The van der Waals surface area contributed by atoms with Crippen LogP contribution in [0.25, 0.3) is 0 Å². The summed E-state index contributed by atoms with van der Waals surface area (Å²) in [7, 11) is 0. The molecule has 0 radical (unpaired) electrons. The Balaban J connectivity index is 2.05. The van der Waals surface area contributed by atoms with Crippen LogP contribution in [-0.4, -0.2) is 22.6 Å². The van der Waals surface area contributed by atoms with E-state index in [0.29, 0.717) is 12.4 Å². The molecule has 0 heterocycles. The Labute approximate surface area is 136 Å². The van der Waals surface area contributed by atoms with Gasteiger partial charge in [0, 0.05) is 6.07 Å². The molecule has 0 atom stereocenters. The molecule has 122 valence electrons. The molecular weight excluding hydrogens is 292 g/mol. The summed E-state index contributed by atoms with van der Waals surface area (Å²) in [5.74, 6) is -0.139. The lowest BCUT2D eigenvalue weighted by molar-refractivity contribution is 0.103. The van der Waals surface area contributed by atoms with Crippen molar-refractivity contribution >= 4 is 5.78 Å². The van der Waals surface area contributed by atoms with Crippen molar-refractivity contribution in [1.82, 2.24) is 0 Å². The van der Waals surface area contributed by atoms with Gasteiger partial charge in [0.1, 0.15) is 17.2 Å². The predicted molar refractivity (Wildman–Crippen MR) is 89.3 cm³/mol. The number of carbonyl (C=O) groups excluding carboxylic acids is 1. The highest BCUT2D eigenvalue weighted by molar-refractivity contribution is 6.12. The molecule has 4 heteroatoms. The number of rotatable bonds is 8. The number of ketones is 1. The number of aromatic hydroxyl groups is 2. The number of ether oxygens (including phenoxy) is 1. The minimum absolute atomic E-state index is 0.104. The number of unbranched alkanes of at least 4 members (excludes halogenated alkanes) is 3. The molecule has 2 aromatic carbocycles. The van der Waals surface area contributed by atoms with Crippen LogP contribution in [0.1, 0.15) is 48.5 Å². The summed E-state index contributed by atoms with van der Waals surface area (Å²) in [6.07, 6.45) is 4.44. The van der Waals surface area contributed by atoms with Crippen molar-refractivity contribution in [2.75, 3.05) is 6.61 Å². The van der Waals surface area contributed by atoms with Gasteiger partial charge in [-0.25, -0.2) is 0 Å². The van der Waals surface area contributed by atoms with E-state index in [2.05, 4.69) is 6.92 Å². The van der Waals surface area contributed by atoms with Crippen molar-refractivity contribution in [2.45, 2.75) is 32.6 Å². The zero-order valence-electron chi connectivity index (χ0n) is 13.3. The lowest BCUT2D eigenvalue weighted by atomic mass is 10.0. The molecule has 2 rings (SSSR count). The molecule has 0 unspecified atom stereocenters. The van der Waals surface area contributed by atoms with Gasteiger partial charge in [0.25, 0.3) is 0 Å². The summed E-state index contributed by atoms with van der Waals surface area (Å²) in [6, 6.07) is 10.9. The Kier molecular flexibility index (Phi) is 6.03. The second-order valence-corrected chi connectivity index (χ2v) is 5.43. The van der Waals surface area contributed by atoms with Crippen molar-refractivity contribution in [3.63, 3.8) is 0 Å². The van der Waals surface area contributed by atoms with E-state index in [4.69, 9.17) is 4.74 Å². The zero-order chi connectivity index (χ0) is 16.7. The largest absolute Gasteiger partial charge is 0.507 e. The fraction of sp³-hybridized carbons (Fsp3) is 0.316. The summed E-state index contributed by atoms with van der Waals surface area (Å²) in [5, 5.41) is 19.8. The van der Waals surface area contributed by atoms with E-state index in [9.17, 15) is 15.0 Å². The van der Waals surface area contributed by atoms with E-state index in [0.717, 1.165) is 12.8 Å².